The van der Waals surface area contributed by atoms with Crippen molar-refractivity contribution in [2.45, 2.75) is 60.8 Å². The summed E-state index contributed by atoms with van der Waals surface area (Å²) in [4.78, 5) is 0. The molecule has 0 bridgehead atoms. The molecule has 0 amide bonds. The maximum Gasteiger partial charge on any atom is -0.0321 e. The lowest BCUT2D eigenvalue weighted by Crippen LogP contribution is -2.44. The van der Waals surface area contributed by atoms with Crippen molar-refractivity contribution in [2.75, 3.05) is 0 Å². The van der Waals surface area contributed by atoms with Gasteiger partial charge in [0.05, 0.1) is 0 Å². The van der Waals surface area contributed by atoms with Crippen molar-refractivity contribution >= 4 is 0 Å². The van der Waals surface area contributed by atoms with E-state index in [0.717, 1.165) is 11.8 Å². The number of hydrogen-bond donors (Lipinski definition) is 0. The van der Waals surface area contributed by atoms with E-state index < -0.39 is 0 Å². The van der Waals surface area contributed by atoms with Gasteiger partial charge in [0.1, 0.15) is 0 Å². The van der Waals surface area contributed by atoms with E-state index in [1.807, 2.05) is 0 Å². The van der Waals surface area contributed by atoms with Gasteiger partial charge in [0.25, 0.3) is 0 Å². The van der Waals surface area contributed by atoms with Gasteiger partial charge in [-0.1, -0.05) is 48.0 Å². The first-order valence-corrected chi connectivity index (χ1v) is 5.78. The van der Waals surface area contributed by atoms with Crippen LogP contribution < -0.4 is 0 Å². The second-order valence-electron chi connectivity index (χ2n) is 6.50. The van der Waals surface area contributed by atoms with Gasteiger partial charge in [-0.15, -0.1) is 0 Å². The van der Waals surface area contributed by atoms with Crippen LogP contribution in [0, 0.1) is 22.7 Å². The van der Waals surface area contributed by atoms with Crippen LogP contribution in [0.25, 0.3) is 0 Å². The Balaban J connectivity index is 2.54. The number of rotatable bonds is 3. The molecule has 0 nitrogen and oxygen atoms in total. The maximum absolute atomic E-state index is 2.43. The molecule has 0 heterocycles. The molecule has 0 radical (unpaired) electrons. The molecule has 13 heavy (non-hydrogen) atoms. The fourth-order valence-electron chi connectivity index (χ4n) is 2.95. The average Bonchev–Trinajstić information content (AvgIpc) is 2.00. The topological polar surface area (TPSA) is 0 Å². The molecule has 1 rings (SSSR count). The standard InChI is InChI=1S/C13H26/c1-7-12(3,4)9-11-10(2)8-13(11,5)6/h10-11H,7-9H2,1-6H3. The van der Waals surface area contributed by atoms with Crippen LogP contribution in [0.3, 0.4) is 0 Å². The Morgan fingerprint density at radius 2 is 1.85 bits per heavy atom. The molecule has 0 heteroatoms. The van der Waals surface area contributed by atoms with Gasteiger partial charge in [-0.3, -0.25) is 0 Å². The normalized spacial score (nSPS) is 32.8. The first kappa shape index (κ1) is 11.1. The maximum atomic E-state index is 2.43. The molecule has 0 aromatic carbocycles. The third-order valence-corrected chi connectivity index (χ3v) is 4.27. The van der Waals surface area contributed by atoms with Gasteiger partial charge in [0.15, 0.2) is 0 Å². The summed E-state index contributed by atoms with van der Waals surface area (Å²) in [6.45, 7) is 14.4. The molecule has 1 aliphatic rings. The molecule has 78 valence electrons. The van der Waals surface area contributed by atoms with E-state index in [-0.39, 0.29) is 0 Å². The molecule has 2 atom stereocenters. The molecule has 0 aromatic rings. The van der Waals surface area contributed by atoms with Crippen LogP contribution in [-0.4, -0.2) is 0 Å². The predicted molar refractivity (Wildman–Crippen MR) is 59.7 cm³/mol. The van der Waals surface area contributed by atoms with Gasteiger partial charge < -0.3 is 0 Å². The lowest BCUT2D eigenvalue weighted by molar-refractivity contribution is -0.0307. The first-order chi connectivity index (χ1) is 5.78. The van der Waals surface area contributed by atoms with E-state index in [1.54, 1.807) is 0 Å². The highest BCUT2D eigenvalue weighted by molar-refractivity contribution is 4.95. The highest BCUT2D eigenvalue weighted by atomic mass is 14.5. The van der Waals surface area contributed by atoms with Gasteiger partial charge in [-0.2, -0.15) is 0 Å². The molecule has 0 saturated heterocycles. The molecule has 1 saturated carbocycles. The quantitative estimate of drug-likeness (QED) is 0.603. The number of hydrogen-bond acceptors (Lipinski definition) is 0. The fourth-order valence-corrected chi connectivity index (χ4v) is 2.95. The molecule has 0 spiro atoms. The van der Waals surface area contributed by atoms with Crippen molar-refractivity contribution in [3.05, 3.63) is 0 Å². The highest BCUT2D eigenvalue weighted by Gasteiger charge is 2.45. The summed E-state index contributed by atoms with van der Waals surface area (Å²) >= 11 is 0. The zero-order valence-electron chi connectivity index (χ0n) is 10.3. The molecule has 1 aliphatic carbocycles. The van der Waals surface area contributed by atoms with Crippen LogP contribution in [0.1, 0.15) is 60.8 Å². The average molecular weight is 182 g/mol. The minimum Gasteiger partial charge on any atom is -0.0649 e. The van der Waals surface area contributed by atoms with Crippen molar-refractivity contribution in [1.29, 1.82) is 0 Å². The summed E-state index contributed by atoms with van der Waals surface area (Å²) in [5.74, 6) is 1.92. The Hall–Kier alpha value is 0. The van der Waals surface area contributed by atoms with Crippen LogP contribution in [0.15, 0.2) is 0 Å². The Bertz CT molecular complexity index is 176. The Morgan fingerprint density at radius 3 is 2.15 bits per heavy atom. The first-order valence-electron chi connectivity index (χ1n) is 5.78. The van der Waals surface area contributed by atoms with Gasteiger partial charge in [-0.05, 0) is 35.5 Å². The minimum atomic E-state index is 0.552. The van der Waals surface area contributed by atoms with Crippen molar-refractivity contribution in [3.8, 4) is 0 Å². The van der Waals surface area contributed by atoms with Crippen LogP contribution in [0.5, 0.6) is 0 Å². The molecule has 0 N–H and O–H groups in total. The van der Waals surface area contributed by atoms with Gasteiger partial charge in [0, 0.05) is 0 Å². The molecule has 1 fully saturated rings. The zero-order chi connectivity index (χ0) is 10.3. The Labute approximate surface area is 84.1 Å². The summed E-state index contributed by atoms with van der Waals surface area (Å²) in [6.07, 6.45) is 4.15. The molecule has 0 aliphatic heterocycles. The zero-order valence-corrected chi connectivity index (χ0v) is 10.3. The third-order valence-electron chi connectivity index (χ3n) is 4.27. The van der Waals surface area contributed by atoms with Crippen LogP contribution >= 0.6 is 0 Å². The van der Waals surface area contributed by atoms with Gasteiger partial charge in [0.2, 0.25) is 0 Å². The van der Waals surface area contributed by atoms with Crippen LogP contribution in [0.2, 0.25) is 0 Å². The lowest BCUT2D eigenvalue weighted by Gasteiger charge is -2.53. The summed E-state index contributed by atoms with van der Waals surface area (Å²) in [7, 11) is 0. The monoisotopic (exact) mass is 182 g/mol. The summed E-state index contributed by atoms with van der Waals surface area (Å²) in [5, 5.41) is 0. The summed E-state index contributed by atoms with van der Waals surface area (Å²) < 4.78 is 0. The van der Waals surface area contributed by atoms with E-state index in [9.17, 15) is 0 Å². The van der Waals surface area contributed by atoms with Crippen molar-refractivity contribution < 1.29 is 0 Å². The molecular weight excluding hydrogens is 156 g/mol. The fraction of sp³-hybridized carbons (Fsp3) is 1.00. The molecule has 0 aromatic heterocycles. The van der Waals surface area contributed by atoms with E-state index in [4.69, 9.17) is 0 Å². The van der Waals surface area contributed by atoms with Crippen LogP contribution in [-0.2, 0) is 0 Å². The smallest absolute Gasteiger partial charge is 0.0321 e. The second kappa shape index (κ2) is 3.29. The lowest BCUT2D eigenvalue weighted by atomic mass is 9.52. The van der Waals surface area contributed by atoms with E-state index in [2.05, 4.69) is 41.5 Å². The van der Waals surface area contributed by atoms with Crippen molar-refractivity contribution in [1.82, 2.24) is 0 Å². The molecule has 2 unspecified atom stereocenters. The largest absolute Gasteiger partial charge is 0.0649 e. The SMILES string of the molecule is CCC(C)(C)CC1C(C)CC1(C)C. The molecular formula is C13H26. The summed E-state index contributed by atoms with van der Waals surface area (Å²) in [6, 6.07) is 0. The predicted octanol–water partition coefficient (Wildman–Crippen LogP) is 4.49. The Kier molecular flexibility index (Phi) is 2.81. The van der Waals surface area contributed by atoms with E-state index in [1.165, 1.54) is 19.3 Å². The summed E-state index contributed by atoms with van der Waals surface area (Å²) in [5.41, 5.74) is 1.17. The van der Waals surface area contributed by atoms with Crippen LogP contribution in [0.4, 0.5) is 0 Å². The second-order valence-corrected chi connectivity index (χ2v) is 6.50. The van der Waals surface area contributed by atoms with Gasteiger partial charge >= 0.3 is 0 Å². The Morgan fingerprint density at radius 1 is 1.31 bits per heavy atom. The highest BCUT2D eigenvalue weighted by Crippen LogP contribution is 2.55. The van der Waals surface area contributed by atoms with Gasteiger partial charge in [-0.25, -0.2) is 0 Å². The van der Waals surface area contributed by atoms with Crippen molar-refractivity contribution in [2.24, 2.45) is 22.7 Å². The van der Waals surface area contributed by atoms with E-state index in [0.29, 0.717) is 10.8 Å². The van der Waals surface area contributed by atoms with E-state index >= 15 is 0 Å². The minimum absolute atomic E-state index is 0.552. The third kappa shape index (κ3) is 2.27. The van der Waals surface area contributed by atoms with Crippen molar-refractivity contribution in [3.63, 3.8) is 0 Å².